The third-order valence-electron chi connectivity index (χ3n) is 6.59. The molecule has 2 aliphatic heterocycles. The number of fused-ring (bicyclic) bond motifs is 2. The van der Waals surface area contributed by atoms with Crippen molar-refractivity contribution in [2.45, 2.75) is 42.5 Å². The molecular weight excluding hydrogens is 294 g/mol. The highest BCUT2D eigenvalue weighted by Crippen LogP contribution is 2.68. The maximum Gasteiger partial charge on any atom is 0.196 e. The fraction of sp³-hybridized carbons (Fsp3) is 0.500. The number of piperidine rings is 1. The zero-order valence-corrected chi connectivity index (χ0v) is 13.4. The quantitative estimate of drug-likeness (QED) is 0.848. The van der Waals surface area contributed by atoms with E-state index in [-0.39, 0.29) is 17.9 Å². The van der Waals surface area contributed by atoms with Crippen LogP contribution in [0.15, 0.2) is 24.3 Å². The molecule has 5 rings (SSSR count). The van der Waals surface area contributed by atoms with Gasteiger partial charge in [-0.25, -0.2) is 0 Å². The third-order valence-corrected chi connectivity index (χ3v) is 6.59. The number of ether oxygens (including phenoxy) is 2. The number of aliphatic hydroxyl groups is 1. The van der Waals surface area contributed by atoms with Gasteiger partial charge in [-0.1, -0.05) is 6.07 Å². The van der Waals surface area contributed by atoms with Gasteiger partial charge in [-0.3, -0.25) is 9.69 Å². The molecule has 2 heterocycles. The first-order valence-corrected chi connectivity index (χ1v) is 8.01. The van der Waals surface area contributed by atoms with Gasteiger partial charge < -0.3 is 14.6 Å². The molecule has 1 saturated heterocycles. The monoisotopic (exact) mass is 313 g/mol. The smallest absolute Gasteiger partial charge is 0.196 e. The Hall–Kier alpha value is -1.85. The van der Waals surface area contributed by atoms with Crippen molar-refractivity contribution < 1.29 is 19.4 Å². The molecule has 2 aliphatic carbocycles. The third kappa shape index (κ3) is 1.18. The molecule has 120 valence electrons. The standard InChI is InChI=1S/C18H19NO4/c1-9-18(21)7-6-12(20)16-17(18)8-11(19(9)2)10-4-5-13(22-3)15(23-16)14(10)17/h4-7,9,11,16,21H,8H2,1-3H3. The number of likely N-dealkylation sites (N-methyl/N-ethyl adjacent to an activating group) is 1. The molecule has 0 amide bonds. The van der Waals surface area contributed by atoms with E-state index in [1.165, 1.54) is 6.08 Å². The summed E-state index contributed by atoms with van der Waals surface area (Å²) in [5, 5.41) is 11.6. The Morgan fingerprint density at radius 2 is 2.22 bits per heavy atom. The first-order valence-electron chi connectivity index (χ1n) is 8.01. The summed E-state index contributed by atoms with van der Waals surface area (Å²) in [7, 11) is 3.64. The molecule has 1 aromatic rings. The number of rotatable bonds is 1. The first-order chi connectivity index (χ1) is 11.0. The Morgan fingerprint density at radius 1 is 1.43 bits per heavy atom. The molecular formula is C18H19NO4. The Labute approximate surface area is 134 Å². The zero-order chi connectivity index (χ0) is 16.1. The Bertz CT molecular complexity index is 787. The second-order valence-corrected chi connectivity index (χ2v) is 7.15. The summed E-state index contributed by atoms with van der Waals surface area (Å²) in [5.41, 5.74) is 0.300. The van der Waals surface area contributed by atoms with E-state index in [1.807, 2.05) is 20.0 Å². The molecule has 0 aromatic heterocycles. The van der Waals surface area contributed by atoms with Gasteiger partial charge in [0.1, 0.15) is 5.60 Å². The van der Waals surface area contributed by atoms with Gasteiger partial charge in [-0.2, -0.15) is 0 Å². The van der Waals surface area contributed by atoms with Crippen LogP contribution in [-0.4, -0.2) is 47.7 Å². The minimum absolute atomic E-state index is 0.0729. The van der Waals surface area contributed by atoms with E-state index in [9.17, 15) is 9.90 Å². The number of hydrogen-bond acceptors (Lipinski definition) is 5. The van der Waals surface area contributed by atoms with Gasteiger partial charge in [0.05, 0.1) is 12.5 Å². The Balaban J connectivity index is 1.91. The Morgan fingerprint density at radius 3 is 2.96 bits per heavy atom. The fourth-order valence-corrected chi connectivity index (χ4v) is 5.34. The van der Waals surface area contributed by atoms with E-state index in [4.69, 9.17) is 9.47 Å². The van der Waals surface area contributed by atoms with Crippen molar-refractivity contribution in [3.63, 3.8) is 0 Å². The largest absolute Gasteiger partial charge is 0.493 e. The molecule has 2 bridgehead atoms. The lowest BCUT2D eigenvalue weighted by Gasteiger charge is -2.55. The first kappa shape index (κ1) is 13.6. The summed E-state index contributed by atoms with van der Waals surface area (Å²) in [6.07, 6.45) is 3.21. The second-order valence-electron chi connectivity index (χ2n) is 7.15. The van der Waals surface area contributed by atoms with E-state index in [2.05, 4.69) is 11.0 Å². The molecule has 5 nitrogen and oxygen atoms in total. The van der Waals surface area contributed by atoms with Crippen LogP contribution in [0.3, 0.4) is 0 Å². The molecule has 1 N–H and O–H groups in total. The van der Waals surface area contributed by atoms with E-state index in [0.717, 1.165) is 11.1 Å². The second kappa shape index (κ2) is 3.79. The lowest BCUT2D eigenvalue weighted by atomic mass is 9.57. The molecule has 1 fully saturated rings. The maximum absolute atomic E-state index is 12.6. The lowest BCUT2D eigenvalue weighted by molar-refractivity contribution is -0.150. The van der Waals surface area contributed by atoms with Crippen LogP contribution in [0.1, 0.15) is 30.5 Å². The molecule has 1 aromatic carbocycles. The minimum atomic E-state index is -1.13. The van der Waals surface area contributed by atoms with Crippen LogP contribution in [0.25, 0.3) is 0 Å². The molecule has 23 heavy (non-hydrogen) atoms. The van der Waals surface area contributed by atoms with Crippen molar-refractivity contribution in [1.29, 1.82) is 0 Å². The summed E-state index contributed by atoms with van der Waals surface area (Å²) in [5.74, 6) is 1.19. The van der Waals surface area contributed by atoms with Crippen molar-refractivity contribution in [3.05, 3.63) is 35.4 Å². The Kier molecular flexibility index (Phi) is 2.24. The zero-order valence-electron chi connectivity index (χ0n) is 13.4. The maximum atomic E-state index is 12.6. The summed E-state index contributed by atoms with van der Waals surface area (Å²) in [6.45, 7) is 2.02. The van der Waals surface area contributed by atoms with Crippen LogP contribution >= 0.6 is 0 Å². The normalized spacial score (nSPS) is 42.6. The van der Waals surface area contributed by atoms with Crippen LogP contribution in [0.4, 0.5) is 0 Å². The van der Waals surface area contributed by atoms with E-state index in [1.54, 1.807) is 13.2 Å². The number of ketones is 1. The van der Waals surface area contributed by atoms with Crippen LogP contribution in [-0.2, 0) is 10.2 Å². The molecule has 4 aliphatic rings. The number of carbonyl (C=O) groups excluding carboxylic acids is 1. The molecule has 0 radical (unpaired) electrons. The number of benzene rings is 1. The van der Waals surface area contributed by atoms with Crippen LogP contribution in [0.2, 0.25) is 0 Å². The van der Waals surface area contributed by atoms with Crippen molar-refractivity contribution >= 4 is 5.78 Å². The van der Waals surface area contributed by atoms with Gasteiger partial charge in [0.25, 0.3) is 0 Å². The highest BCUT2D eigenvalue weighted by atomic mass is 16.5. The number of carbonyl (C=O) groups is 1. The van der Waals surface area contributed by atoms with E-state index in [0.29, 0.717) is 17.9 Å². The summed E-state index contributed by atoms with van der Waals surface area (Å²) in [4.78, 5) is 14.8. The summed E-state index contributed by atoms with van der Waals surface area (Å²) >= 11 is 0. The van der Waals surface area contributed by atoms with Crippen molar-refractivity contribution in [1.82, 2.24) is 4.90 Å². The van der Waals surface area contributed by atoms with E-state index >= 15 is 0 Å². The summed E-state index contributed by atoms with van der Waals surface area (Å²) < 4.78 is 11.5. The number of methoxy groups -OCH3 is 1. The van der Waals surface area contributed by atoms with Crippen LogP contribution in [0.5, 0.6) is 11.5 Å². The molecule has 5 unspecified atom stereocenters. The number of likely N-dealkylation sites (tertiary alicyclic amines) is 1. The number of nitrogens with zero attached hydrogens (tertiary/aromatic N) is 1. The van der Waals surface area contributed by atoms with Crippen molar-refractivity contribution in [3.8, 4) is 11.5 Å². The SMILES string of the molecule is COc1ccc2c3c1OC1C(=O)C=CC4(O)C(C)N(C)C2CC314. The van der Waals surface area contributed by atoms with Crippen molar-refractivity contribution in [2.24, 2.45) is 0 Å². The minimum Gasteiger partial charge on any atom is -0.493 e. The van der Waals surface area contributed by atoms with Gasteiger partial charge in [-0.05, 0) is 44.2 Å². The molecule has 5 heteroatoms. The average molecular weight is 313 g/mol. The van der Waals surface area contributed by atoms with Crippen LogP contribution in [0, 0.1) is 0 Å². The predicted octanol–water partition coefficient (Wildman–Crippen LogP) is 1.34. The molecule has 0 saturated carbocycles. The van der Waals surface area contributed by atoms with E-state index < -0.39 is 17.1 Å². The van der Waals surface area contributed by atoms with Crippen molar-refractivity contribution in [2.75, 3.05) is 14.2 Å². The highest BCUT2D eigenvalue weighted by Gasteiger charge is 2.73. The molecule has 1 spiro atoms. The lowest BCUT2D eigenvalue weighted by Crippen LogP contribution is -2.70. The highest BCUT2D eigenvalue weighted by molar-refractivity contribution is 5.99. The van der Waals surface area contributed by atoms with Gasteiger partial charge in [0.2, 0.25) is 0 Å². The molecule has 5 atom stereocenters. The fourth-order valence-electron chi connectivity index (χ4n) is 5.34. The van der Waals surface area contributed by atoms with Gasteiger partial charge in [-0.15, -0.1) is 0 Å². The number of hydrogen-bond donors (Lipinski definition) is 1. The topological polar surface area (TPSA) is 59.0 Å². The predicted molar refractivity (Wildman–Crippen MR) is 82.8 cm³/mol. The average Bonchev–Trinajstić information content (AvgIpc) is 3.06. The van der Waals surface area contributed by atoms with Gasteiger partial charge in [0.15, 0.2) is 23.4 Å². The van der Waals surface area contributed by atoms with Gasteiger partial charge in [0, 0.05) is 17.6 Å². The van der Waals surface area contributed by atoms with Crippen LogP contribution < -0.4 is 9.47 Å². The summed E-state index contributed by atoms with van der Waals surface area (Å²) in [6, 6.07) is 4.04. The van der Waals surface area contributed by atoms with Gasteiger partial charge >= 0.3 is 0 Å².